The zero-order valence-corrected chi connectivity index (χ0v) is 14.2. The van der Waals surface area contributed by atoms with Gasteiger partial charge >= 0.3 is 6.03 Å². The lowest BCUT2D eigenvalue weighted by Gasteiger charge is -2.39. The number of urea groups is 1. The van der Waals surface area contributed by atoms with Crippen LogP contribution in [0.15, 0.2) is 0 Å². The first-order valence-electron chi connectivity index (χ1n) is 8.60. The predicted octanol–water partition coefficient (Wildman–Crippen LogP) is 0.981. The third-order valence-electron chi connectivity index (χ3n) is 4.63. The molecule has 0 radical (unpaired) electrons. The molecule has 2 aliphatic rings. The third-order valence-corrected chi connectivity index (χ3v) is 4.63. The number of hydrogen-bond donors (Lipinski definition) is 1. The first kappa shape index (κ1) is 17.1. The Hall–Kier alpha value is -1.30. The van der Waals surface area contributed by atoms with Crippen molar-refractivity contribution in [3.8, 4) is 0 Å². The van der Waals surface area contributed by atoms with E-state index in [0.717, 1.165) is 13.1 Å². The van der Waals surface area contributed by atoms with Crippen molar-refractivity contribution in [3.63, 3.8) is 0 Å². The summed E-state index contributed by atoms with van der Waals surface area (Å²) in [6, 6.07) is -0.0203. The molecule has 2 saturated heterocycles. The summed E-state index contributed by atoms with van der Waals surface area (Å²) in [6.45, 7) is 11.4. The maximum absolute atomic E-state index is 12.9. The van der Waals surface area contributed by atoms with Crippen LogP contribution in [-0.4, -0.2) is 78.5 Å². The molecule has 2 aliphatic heterocycles. The Labute approximate surface area is 133 Å². The summed E-state index contributed by atoms with van der Waals surface area (Å²) in [5.41, 5.74) is 0. The van der Waals surface area contributed by atoms with E-state index in [2.05, 4.69) is 24.1 Å². The van der Waals surface area contributed by atoms with E-state index in [-0.39, 0.29) is 18.0 Å². The van der Waals surface area contributed by atoms with E-state index in [4.69, 9.17) is 0 Å². The fraction of sp³-hybridized carbons (Fsp3) is 0.875. The first-order chi connectivity index (χ1) is 10.5. The molecule has 1 N–H and O–H groups in total. The van der Waals surface area contributed by atoms with Crippen LogP contribution in [0.4, 0.5) is 4.79 Å². The summed E-state index contributed by atoms with van der Waals surface area (Å²) in [5, 5.41) is 2.82. The molecular weight excluding hydrogens is 280 g/mol. The Kier molecular flexibility index (Phi) is 6.06. The Balaban J connectivity index is 1.91. The minimum absolute atomic E-state index is 0.00137. The molecule has 126 valence electrons. The highest BCUT2D eigenvalue weighted by molar-refractivity contribution is 5.82. The second-order valence-electron chi connectivity index (χ2n) is 6.58. The van der Waals surface area contributed by atoms with Gasteiger partial charge in [0.05, 0.1) is 6.04 Å². The summed E-state index contributed by atoms with van der Waals surface area (Å²) in [7, 11) is 0. The molecule has 1 unspecified atom stereocenters. The van der Waals surface area contributed by atoms with E-state index in [9.17, 15) is 9.59 Å². The standard InChI is InChI=1S/C16H30N4O2/c1-4-17-16(22)20-11-9-19(10-12-20)15(21)14(13(2)3)18-7-5-6-8-18/h13-14H,4-12H2,1-3H3,(H,17,22). The van der Waals surface area contributed by atoms with E-state index in [1.54, 1.807) is 4.90 Å². The van der Waals surface area contributed by atoms with Crippen molar-refractivity contribution in [3.05, 3.63) is 0 Å². The molecule has 0 bridgehead atoms. The van der Waals surface area contributed by atoms with E-state index in [1.807, 2.05) is 11.8 Å². The molecular formula is C16H30N4O2. The molecule has 3 amide bonds. The van der Waals surface area contributed by atoms with E-state index in [1.165, 1.54) is 12.8 Å². The van der Waals surface area contributed by atoms with Crippen molar-refractivity contribution in [2.24, 2.45) is 5.92 Å². The van der Waals surface area contributed by atoms with E-state index >= 15 is 0 Å². The molecule has 2 rings (SSSR count). The summed E-state index contributed by atoms with van der Waals surface area (Å²) < 4.78 is 0. The topological polar surface area (TPSA) is 55.9 Å². The number of amides is 3. The second-order valence-corrected chi connectivity index (χ2v) is 6.58. The quantitative estimate of drug-likeness (QED) is 0.842. The zero-order chi connectivity index (χ0) is 16.1. The van der Waals surface area contributed by atoms with Crippen LogP contribution in [0.5, 0.6) is 0 Å². The van der Waals surface area contributed by atoms with Crippen molar-refractivity contribution >= 4 is 11.9 Å². The zero-order valence-electron chi connectivity index (χ0n) is 14.2. The van der Waals surface area contributed by atoms with Crippen LogP contribution in [0.2, 0.25) is 0 Å². The fourth-order valence-corrected chi connectivity index (χ4v) is 3.46. The van der Waals surface area contributed by atoms with Gasteiger partial charge in [0.2, 0.25) is 5.91 Å². The number of rotatable bonds is 4. The number of likely N-dealkylation sites (tertiary alicyclic amines) is 1. The van der Waals surface area contributed by atoms with Gasteiger partial charge in [-0.25, -0.2) is 4.79 Å². The second kappa shape index (κ2) is 7.81. The molecule has 0 aromatic heterocycles. The molecule has 6 nitrogen and oxygen atoms in total. The predicted molar refractivity (Wildman–Crippen MR) is 86.7 cm³/mol. The van der Waals surface area contributed by atoms with Gasteiger partial charge in [-0.1, -0.05) is 13.8 Å². The Morgan fingerprint density at radius 2 is 1.50 bits per heavy atom. The van der Waals surface area contributed by atoms with Crippen molar-refractivity contribution in [2.75, 3.05) is 45.8 Å². The monoisotopic (exact) mass is 310 g/mol. The summed E-state index contributed by atoms with van der Waals surface area (Å²) >= 11 is 0. The van der Waals surface area contributed by atoms with Crippen LogP contribution < -0.4 is 5.32 Å². The normalized spacial score (nSPS) is 21.3. The largest absolute Gasteiger partial charge is 0.338 e. The van der Waals surface area contributed by atoms with Crippen LogP contribution in [0.1, 0.15) is 33.6 Å². The smallest absolute Gasteiger partial charge is 0.317 e. The average molecular weight is 310 g/mol. The number of carbonyl (C=O) groups excluding carboxylic acids is 2. The lowest BCUT2D eigenvalue weighted by molar-refractivity contribution is -0.139. The fourth-order valence-electron chi connectivity index (χ4n) is 3.46. The Bertz CT molecular complexity index is 386. The van der Waals surface area contributed by atoms with Crippen molar-refractivity contribution in [1.29, 1.82) is 0 Å². The number of hydrogen-bond acceptors (Lipinski definition) is 3. The minimum Gasteiger partial charge on any atom is -0.338 e. The van der Waals surface area contributed by atoms with Crippen LogP contribution >= 0.6 is 0 Å². The van der Waals surface area contributed by atoms with E-state index in [0.29, 0.717) is 38.6 Å². The van der Waals surface area contributed by atoms with Gasteiger partial charge in [-0.05, 0) is 38.8 Å². The lowest BCUT2D eigenvalue weighted by atomic mass is 10.0. The van der Waals surface area contributed by atoms with Gasteiger partial charge < -0.3 is 15.1 Å². The minimum atomic E-state index is -0.0189. The van der Waals surface area contributed by atoms with Gasteiger partial charge in [0, 0.05) is 32.7 Å². The maximum atomic E-state index is 12.9. The van der Waals surface area contributed by atoms with Gasteiger partial charge in [0.15, 0.2) is 0 Å². The number of nitrogens with one attached hydrogen (secondary N) is 1. The molecule has 2 heterocycles. The van der Waals surface area contributed by atoms with Crippen LogP contribution in [0, 0.1) is 5.92 Å². The molecule has 0 spiro atoms. The molecule has 0 aromatic rings. The molecule has 22 heavy (non-hydrogen) atoms. The van der Waals surface area contributed by atoms with Gasteiger partial charge in [-0.2, -0.15) is 0 Å². The van der Waals surface area contributed by atoms with Crippen LogP contribution in [0.3, 0.4) is 0 Å². The average Bonchev–Trinajstić information content (AvgIpc) is 3.01. The maximum Gasteiger partial charge on any atom is 0.317 e. The highest BCUT2D eigenvalue weighted by atomic mass is 16.2. The first-order valence-corrected chi connectivity index (χ1v) is 8.60. The Morgan fingerprint density at radius 1 is 0.955 bits per heavy atom. The van der Waals surface area contributed by atoms with Gasteiger partial charge in [-0.15, -0.1) is 0 Å². The molecule has 1 atom stereocenters. The summed E-state index contributed by atoms with van der Waals surface area (Å²) in [4.78, 5) is 30.8. The van der Waals surface area contributed by atoms with Crippen LogP contribution in [-0.2, 0) is 4.79 Å². The summed E-state index contributed by atoms with van der Waals surface area (Å²) in [6.07, 6.45) is 2.39. The highest BCUT2D eigenvalue weighted by Crippen LogP contribution is 2.20. The van der Waals surface area contributed by atoms with Crippen LogP contribution in [0.25, 0.3) is 0 Å². The van der Waals surface area contributed by atoms with E-state index < -0.39 is 0 Å². The van der Waals surface area contributed by atoms with Crippen molar-refractivity contribution in [2.45, 2.75) is 39.7 Å². The van der Waals surface area contributed by atoms with Gasteiger partial charge in [-0.3, -0.25) is 9.69 Å². The number of carbonyl (C=O) groups is 2. The molecule has 0 aromatic carbocycles. The third kappa shape index (κ3) is 3.91. The van der Waals surface area contributed by atoms with Gasteiger partial charge in [0.25, 0.3) is 0 Å². The molecule has 6 heteroatoms. The number of piperazine rings is 1. The van der Waals surface area contributed by atoms with Crippen molar-refractivity contribution in [1.82, 2.24) is 20.0 Å². The lowest BCUT2D eigenvalue weighted by Crippen LogP contribution is -2.57. The molecule has 0 aliphatic carbocycles. The Morgan fingerprint density at radius 3 is 2.00 bits per heavy atom. The van der Waals surface area contributed by atoms with Gasteiger partial charge in [0.1, 0.15) is 0 Å². The SMILES string of the molecule is CCNC(=O)N1CCN(C(=O)C(C(C)C)N2CCCC2)CC1. The van der Waals surface area contributed by atoms with Crippen molar-refractivity contribution < 1.29 is 9.59 Å². The number of nitrogens with zero attached hydrogens (tertiary/aromatic N) is 3. The molecule has 0 saturated carbocycles. The highest BCUT2D eigenvalue weighted by Gasteiger charge is 2.35. The summed E-state index contributed by atoms with van der Waals surface area (Å²) in [5.74, 6) is 0.569. The molecule has 2 fully saturated rings.